The molecule has 0 aliphatic rings. The molecule has 2 rings (SSSR count). The lowest BCUT2D eigenvalue weighted by Crippen LogP contribution is -2.04. The van der Waals surface area contributed by atoms with E-state index in [0.29, 0.717) is 11.3 Å². The standard InChI is InChI=1S/C12H16N4O/c1-4-9(2)16-7-10(8-17)12(14-16)11-5-6-13-15(11)3/h5-9H,4H2,1-3H3. The van der Waals surface area contributed by atoms with E-state index < -0.39 is 0 Å². The monoisotopic (exact) mass is 232 g/mol. The molecule has 5 nitrogen and oxygen atoms in total. The van der Waals surface area contributed by atoms with Gasteiger partial charge in [0.1, 0.15) is 5.69 Å². The lowest BCUT2D eigenvalue weighted by Gasteiger charge is -2.07. The molecule has 90 valence electrons. The highest BCUT2D eigenvalue weighted by Crippen LogP contribution is 2.22. The van der Waals surface area contributed by atoms with E-state index in [4.69, 9.17) is 0 Å². The van der Waals surface area contributed by atoms with Crippen LogP contribution in [0.1, 0.15) is 36.7 Å². The van der Waals surface area contributed by atoms with Crippen LogP contribution >= 0.6 is 0 Å². The molecule has 1 atom stereocenters. The normalized spacial score (nSPS) is 12.6. The predicted molar refractivity (Wildman–Crippen MR) is 64.8 cm³/mol. The fourth-order valence-corrected chi connectivity index (χ4v) is 1.71. The largest absolute Gasteiger partial charge is 0.298 e. The Morgan fingerprint density at radius 3 is 2.82 bits per heavy atom. The lowest BCUT2D eigenvalue weighted by molar-refractivity contribution is 0.112. The molecule has 0 aromatic carbocycles. The molecule has 0 fully saturated rings. The van der Waals surface area contributed by atoms with Gasteiger partial charge in [0.2, 0.25) is 0 Å². The molecule has 0 spiro atoms. The number of nitrogens with zero attached hydrogens (tertiary/aromatic N) is 4. The Bertz CT molecular complexity index is 526. The first kappa shape index (κ1) is 11.6. The summed E-state index contributed by atoms with van der Waals surface area (Å²) in [5, 5.41) is 8.57. The first-order chi connectivity index (χ1) is 8.17. The topological polar surface area (TPSA) is 52.7 Å². The molecule has 0 aliphatic carbocycles. The third kappa shape index (κ3) is 2.00. The highest BCUT2D eigenvalue weighted by molar-refractivity contribution is 5.84. The van der Waals surface area contributed by atoms with Gasteiger partial charge in [0.15, 0.2) is 6.29 Å². The zero-order chi connectivity index (χ0) is 12.4. The van der Waals surface area contributed by atoms with E-state index in [-0.39, 0.29) is 6.04 Å². The smallest absolute Gasteiger partial charge is 0.153 e. The number of hydrogen-bond donors (Lipinski definition) is 0. The average molecular weight is 232 g/mol. The molecule has 0 saturated carbocycles. The highest BCUT2D eigenvalue weighted by atomic mass is 16.1. The van der Waals surface area contributed by atoms with Crippen molar-refractivity contribution in [3.63, 3.8) is 0 Å². The van der Waals surface area contributed by atoms with Crippen LogP contribution in [0.25, 0.3) is 11.4 Å². The van der Waals surface area contributed by atoms with E-state index >= 15 is 0 Å². The number of hydrogen-bond acceptors (Lipinski definition) is 3. The van der Waals surface area contributed by atoms with Gasteiger partial charge in [-0.3, -0.25) is 14.2 Å². The minimum atomic E-state index is 0.288. The van der Waals surface area contributed by atoms with Crippen LogP contribution in [0, 0.1) is 0 Å². The van der Waals surface area contributed by atoms with E-state index in [2.05, 4.69) is 24.0 Å². The Hall–Kier alpha value is -1.91. The molecule has 0 N–H and O–H groups in total. The maximum atomic E-state index is 11.1. The van der Waals surface area contributed by atoms with Gasteiger partial charge in [-0.05, 0) is 19.4 Å². The quantitative estimate of drug-likeness (QED) is 0.758. The van der Waals surface area contributed by atoms with Crippen LogP contribution in [-0.2, 0) is 7.05 Å². The summed E-state index contributed by atoms with van der Waals surface area (Å²) in [7, 11) is 1.84. The Morgan fingerprint density at radius 1 is 1.53 bits per heavy atom. The molecule has 5 heteroatoms. The van der Waals surface area contributed by atoms with Crippen LogP contribution in [-0.4, -0.2) is 25.8 Å². The molecule has 2 heterocycles. The fourth-order valence-electron chi connectivity index (χ4n) is 1.71. The molecular weight excluding hydrogens is 216 g/mol. The molecule has 0 bridgehead atoms. The summed E-state index contributed by atoms with van der Waals surface area (Å²) in [4.78, 5) is 11.1. The third-order valence-electron chi connectivity index (χ3n) is 2.99. The number of aldehydes is 1. The minimum Gasteiger partial charge on any atom is -0.298 e. The van der Waals surface area contributed by atoms with E-state index in [9.17, 15) is 4.79 Å². The maximum Gasteiger partial charge on any atom is 0.153 e. The van der Waals surface area contributed by atoms with Gasteiger partial charge in [-0.2, -0.15) is 10.2 Å². The van der Waals surface area contributed by atoms with Gasteiger partial charge in [-0.25, -0.2) is 0 Å². The van der Waals surface area contributed by atoms with E-state index in [0.717, 1.165) is 18.4 Å². The summed E-state index contributed by atoms with van der Waals surface area (Å²) in [6.45, 7) is 4.17. The predicted octanol–water partition coefficient (Wildman–Crippen LogP) is 2.07. The second kappa shape index (κ2) is 4.53. The molecule has 2 aromatic rings. The number of rotatable bonds is 4. The van der Waals surface area contributed by atoms with Gasteiger partial charge >= 0.3 is 0 Å². The number of aromatic nitrogens is 4. The molecule has 0 saturated heterocycles. The summed E-state index contributed by atoms with van der Waals surface area (Å²) in [6, 6.07) is 2.15. The zero-order valence-corrected chi connectivity index (χ0v) is 10.3. The van der Waals surface area contributed by atoms with Gasteiger partial charge in [0.05, 0.1) is 11.3 Å². The van der Waals surface area contributed by atoms with Crippen LogP contribution in [0.3, 0.4) is 0 Å². The summed E-state index contributed by atoms with van der Waals surface area (Å²) in [5.41, 5.74) is 2.16. The molecule has 0 radical (unpaired) electrons. The number of carbonyl (C=O) groups excluding carboxylic acids is 1. The average Bonchev–Trinajstić information content (AvgIpc) is 2.93. The van der Waals surface area contributed by atoms with Gasteiger partial charge in [-0.15, -0.1) is 0 Å². The minimum absolute atomic E-state index is 0.288. The van der Waals surface area contributed by atoms with Gasteiger partial charge in [0.25, 0.3) is 0 Å². The van der Waals surface area contributed by atoms with Crippen molar-refractivity contribution in [2.45, 2.75) is 26.3 Å². The van der Waals surface area contributed by atoms with Crippen molar-refractivity contribution >= 4 is 6.29 Å². The molecule has 2 aromatic heterocycles. The lowest BCUT2D eigenvalue weighted by atomic mass is 10.2. The Labute approximate surface area is 100 Å². The van der Waals surface area contributed by atoms with Crippen LogP contribution < -0.4 is 0 Å². The van der Waals surface area contributed by atoms with E-state index in [1.54, 1.807) is 17.1 Å². The van der Waals surface area contributed by atoms with Gasteiger partial charge < -0.3 is 0 Å². The van der Waals surface area contributed by atoms with Crippen LogP contribution in [0.5, 0.6) is 0 Å². The van der Waals surface area contributed by atoms with E-state index in [1.165, 1.54) is 0 Å². The first-order valence-corrected chi connectivity index (χ1v) is 5.70. The van der Waals surface area contributed by atoms with Crippen molar-refractivity contribution in [3.05, 3.63) is 24.0 Å². The second-order valence-corrected chi connectivity index (χ2v) is 4.13. The Kier molecular flexibility index (Phi) is 3.08. The zero-order valence-electron chi connectivity index (χ0n) is 10.3. The van der Waals surface area contributed by atoms with Gasteiger partial charge in [0, 0.05) is 25.5 Å². The van der Waals surface area contributed by atoms with Crippen LogP contribution in [0.4, 0.5) is 0 Å². The molecule has 1 unspecified atom stereocenters. The number of carbonyl (C=O) groups is 1. The third-order valence-corrected chi connectivity index (χ3v) is 2.99. The van der Waals surface area contributed by atoms with Crippen molar-refractivity contribution in [2.75, 3.05) is 0 Å². The summed E-state index contributed by atoms with van der Waals surface area (Å²) in [5.74, 6) is 0. The highest BCUT2D eigenvalue weighted by Gasteiger charge is 2.15. The van der Waals surface area contributed by atoms with Gasteiger partial charge in [-0.1, -0.05) is 6.92 Å². The van der Waals surface area contributed by atoms with Crippen molar-refractivity contribution in [3.8, 4) is 11.4 Å². The maximum absolute atomic E-state index is 11.1. The van der Waals surface area contributed by atoms with Crippen LogP contribution in [0.2, 0.25) is 0 Å². The number of aryl methyl sites for hydroxylation is 1. The SMILES string of the molecule is CCC(C)n1cc(C=O)c(-c2ccnn2C)n1. The summed E-state index contributed by atoms with van der Waals surface area (Å²) >= 11 is 0. The Morgan fingerprint density at radius 2 is 2.29 bits per heavy atom. The van der Waals surface area contributed by atoms with Crippen molar-refractivity contribution in [2.24, 2.45) is 7.05 Å². The first-order valence-electron chi connectivity index (χ1n) is 5.70. The summed E-state index contributed by atoms with van der Waals surface area (Å²) in [6.07, 6.45) is 5.31. The fraction of sp³-hybridized carbons (Fsp3) is 0.417. The molecule has 17 heavy (non-hydrogen) atoms. The summed E-state index contributed by atoms with van der Waals surface area (Å²) < 4.78 is 3.56. The Balaban J connectivity index is 2.50. The molecule has 0 amide bonds. The van der Waals surface area contributed by atoms with Crippen molar-refractivity contribution in [1.29, 1.82) is 0 Å². The van der Waals surface area contributed by atoms with E-state index in [1.807, 2.05) is 17.8 Å². The molecule has 0 aliphatic heterocycles. The molecular formula is C12H16N4O. The van der Waals surface area contributed by atoms with Crippen molar-refractivity contribution in [1.82, 2.24) is 19.6 Å². The van der Waals surface area contributed by atoms with Crippen LogP contribution in [0.15, 0.2) is 18.5 Å². The second-order valence-electron chi connectivity index (χ2n) is 4.13. The van der Waals surface area contributed by atoms with Crippen molar-refractivity contribution < 1.29 is 4.79 Å².